The zero-order valence-corrected chi connectivity index (χ0v) is 20.7. The quantitative estimate of drug-likeness (QED) is 0.442. The summed E-state index contributed by atoms with van der Waals surface area (Å²) in [5.41, 5.74) is 2.91. The summed E-state index contributed by atoms with van der Waals surface area (Å²) in [4.78, 5) is 16.8. The Morgan fingerprint density at radius 1 is 1.31 bits per heavy atom. The average molecular weight is 481 g/mol. The van der Waals surface area contributed by atoms with E-state index in [2.05, 4.69) is 22.9 Å². The van der Waals surface area contributed by atoms with Crippen LogP contribution in [-0.2, 0) is 20.9 Å². The standard InChI is InChI=1S/C28H36N2O5/c1-4-20-9-10-22(15-20)35-18-21-16-26(30-28(27(31)32)11-13-33-14-12-28)29-17-24(21)23-7-6-8-25(19(23)3)34-5-2/h4,6-8,16-17,20,22H,1,5,9-15,18H2,2-3H3,(H,29,30)(H,31,32)/t20-,22-/m1/s1. The molecule has 0 spiro atoms. The number of aliphatic carboxylic acids is 1. The van der Waals surface area contributed by atoms with Crippen LogP contribution < -0.4 is 10.1 Å². The summed E-state index contributed by atoms with van der Waals surface area (Å²) in [7, 11) is 0. The smallest absolute Gasteiger partial charge is 0.329 e. The van der Waals surface area contributed by atoms with Gasteiger partial charge in [0.25, 0.3) is 0 Å². The summed E-state index contributed by atoms with van der Waals surface area (Å²) in [5.74, 6) is 0.996. The van der Waals surface area contributed by atoms with Crippen LogP contribution in [0.5, 0.6) is 5.75 Å². The molecule has 4 rings (SSSR count). The lowest BCUT2D eigenvalue weighted by atomic mass is 9.90. The fourth-order valence-corrected chi connectivity index (χ4v) is 5.05. The first-order valence-corrected chi connectivity index (χ1v) is 12.5. The van der Waals surface area contributed by atoms with Crippen LogP contribution >= 0.6 is 0 Å². The van der Waals surface area contributed by atoms with Crippen LogP contribution in [0.1, 0.15) is 50.2 Å². The molecular weight excluding hydrogens is 444 g/mol. The molecule has 2 N–H and O–H groups in total. The maximum Gasteiger partial charge on any atom is 0.329 e. The number of carboxylic acids is 1. The van der Waals surface area contributed by atoms with Crippen molar-refractivity contribution in [3.8, 4) is 16.9 Å². The van der Waals surface area contributed by atoms with Gasteiger partial charge in [0.1, 0.15) is 17.1 Å². The minimum absolute atomic E-state index is 0.187. The lowest BCUT2D eigenvalue weighted by Crippen LogP contribution is -2.50. The van der Waals surface area contributed by atoms with Crippen LogP contribution in [-0.4, -0.2) is 47.5 Å². The summed E-state index contributed by atoms with van der Waals surface area (Å²) in [6.07, 6.45) is 7.89. The van der Waals surface area contributed by atoms with Gasteiger partial charge < -0.3 is 24.6 Å². The molecule has 2 heterocycles. The first-order chi connectivity index (χ1) is 17.0. The number of rotatable bonds is 10. The Morgan fingerprint density at radius 2 is 2.11 bits per heavy atom. The highest BCUT2D eigenvalue weighted by Crippen LogP contribution is 2.35. The van der Waals surface area contributed by atoms with E-state index in [1.54, 1.807) is 0 Å². The van der Waals surface area contributed by atoms with Crippen molar-refractivity contribution in [1.29, 1.82) is 0 Å². The van der Waals surface area contributed by atoms with Crippen molar-refractivity contribution in [2.45, 2.75) is 64.2 Å². The van der Waals surface area contributed by atoms with Gasteiger partial charge in [0.2, 0.25) is 0 Å². The Balaban J connectivity index is 1.66. The lowest BCUT2D eigenvalue weighted by molar-refractivity contribution is -0.145. The predicted molar refractivity (Wildman–Crippen MR) is 136 cm³/mol. The monoisotopic (exact) mass is 480 g/mol. The molecule has 0 bridgehead atoms. The number of allylic oxidation sites excluding steroid dienone is 1. The Hall–Kier alpha value is -2.90. The van der Waals surface area contributed by atoms with E-state index in [-0.39, 0.29) is 6.10 Å². The van der Waals surface area contributed by atoms with Gasteiger partial charge in [0.15, 0.2) is 0 Å². The zero-order chi connectivity index (χ0) is 24.8. The molecule has 0 amide bonds. The van der Waals surface area contributed by atoms with E-state index >= 15 is 0 Å². The van der Waals surface area contributed by atoms with Crippen LogP contribution in [0.15, 0.2) is 43.1 Å². The van der Waals surface area contributed by atoms with E-state index in [9.17, 15) is 9.90 Å². The number of nitrogens with zero attached hydrogens (tertiary/aromatic N) is 1. The molecule has 1 saturated carbocycles. The Bertz CT molecular complexity index is 1050. The van der Waals surface area contributed by atoms with Crippen molar-refractivity contribution in [3.63, 3.8) is 0 Å². The molecule has 2 aliphatic rings. The van der Waals surface area contributed by atoms with Gasteiger partial charge in [-0.25, -0.2) is 9.78 Å². The predicted octanol–water partition coefficient (Wildman–Crippen LogP) is 5.37. The first kappa shape index (κ1) is 25.2. The van der Waals surface area contributed by atoms with Crippen LogP contribution in [0, 0.1) is 12.8 Å². The van der Waals surface area contributed by atoms with Crippen molar-refractivity contribution in [2.75, 3.05) is 25.1 Å². The Kier molecular flexibility index (Phi) is 8.08. The van der Waals surface area contributed by atoms with Gasteiger partial charge in [-0.15, -0.1) is 6.58 Å². The summed E-state index contributed by atoms with van der Waals surface area (Å²) in [5, 5.41) is 13.2. The minimum atomic E-state index is -1.08. The molecule has 2 aromatic rings. The van der Waals surface area contributed by atoms with Crippen molar-refractivity contribution in [2.24, 2.45) is 5.92 Å². The van der Waals surface area contributed by atoms with Crippen LogP contribution in [0.2, 0.25) is 0 Å². The van der Waals surface area contributed by atoms with Gasteiger partial charge in [-0.2, -0.15) is 0 Å². The summed E-state index contributed by atoms with van der Waals surface area (Å²) in [6, 6.07) is 7.95. The molecule has 0 radical (unpaired) electrons. The highest BCUT2D eigenvalue weighted by Gasteiger charge is 2.40. The van der Waals surface area contributed by atoms with Crippen molar-refractivity contribution in [3.05, 3.63) is 54.2 Å². The fourth-order valence-electron chi connectivity index (χ4n) is 5.05. The van der Waals surface area contributed by atoms with E-state index in [1.165, 1.54) is 0 Å². The van der Waals surface area contributed by atoms with Crippen molar-refractivity contribution in [1.82, 2.24) is 4.98 Å². The second kappa shape index (κ2) is 11.2. The largest absolute Gasteiger partial charge is 0.494 e. The molecule has 188 valence electrons. The molecular formula is C28H36N2O5. The van der Waals surface area contributed by atoms with E-state index < -0.39 is 11.5 Å². The third-order valence-electron chi connectivity index (χ3n) is 7.22. The van der Waals surface area contributed by atoms with E-state index in [0.29, 0.717) is 51.0 Å². The van der Waals surface area contributed by atoms with Crippen molar-refractivity contribution < 1.29 is 24.1 Å². The summed E-state index contributed by atoms with van der Waals surface area (Å²) < 4.78 is 17.6. The molecule has 35 heavy (non-hydrogen) atoms. The normalized spacial score (nSPS) is 21.4. The van der Waals surface area contributed by atoms with Gasteiger partial charge in [0, 0.05) is 37.8 Å². The van der Waals surface area contributed by atoms with Gasteiger partial charge in [-0.05, 0) is 67.9 Å². The van der Waals surface area contributed by atoms with Gasteiger partial charge in [0.05, 0.1) is 19.3 Å². The Labute approximate surface area is 207 Å². The minimum Gasteiger partial charge on any atom is -0.494 e. The number of carboxylic acid groups (broad SMARTS) is 1. The van der Waals surface area contributed by atoms with E-state index in [4.69, 9.17) is 14.2 Å². The summed E-state index contributed by atoms with van der Waals surface area (Å²) in [6.45, 7) is 9.77. The van der Waals surface area contributed by atoms with Gasteiger partial charge >= 0.3 is 5.97 Å². The number of hydrogen-bond acceptors (Lipinski definition) is 6. The number of pyridine rings is 1. The molecule has 0 unspecified atom stereocenters. The third kappa shape index (κ3) is 5.68. The number of carbonyl (C=O) groups is 1. The van der Waals surface area contributed by atoms with Crippen LogP contribution in [0.3, 0.4) is 0 Å². The second-order valence-corrected chi connectivity index (χ2v) is 9.45. The number of anilines is 1. The first-order valence-electron chi connectivity index (χ1n) is 12.5. The topological polar surface area (TPSA) is 89.9 Å². The van der Waals surface area contributed by atoms with Crippen LogP contribution in [0.4, 0.5) is 5.82 Å². The van der Waals surface area contributed by atoms with E-state index in [0.717, 1.165) is 47.3 Å². The number of aromatic nitrogens is 1. The molecule has 1 aliphatic carbocycles. The molecule has 2 atom stereocenters. The Morgan fingerprint density at radius 3 is 2.80 bits per heavy atom. The summed E-state index contributed by atoms with van der Waals surface area (Å²) >= 11 is 0. The maximum atomic E-state index is 12.2. The highest BCUT2D eigenvalue weighted by molar-refractivity contribution is 5.83. The molecule has 7 heteroatoms. The van der Waals surface area contributed by atoms with Crippen molar-refractivity contribution >= 4 is 11.8 Å². The average Bonchev–Trinajstić information content (AvgIpc) is 3.33. The van der Waals surface area contributed by atoms with Crippen LogP contribution in [0.25, 0.3) is 11.1 Å². The highest BCUT2D eigenvalue weighted by atomic mass is 16.5. The zero-order valence-electron chi connectivity index (χ0n) is 20.7. The molecule has 1 saturated heterocycles. The molecule has 2 fully saturated rings. The molecule has 1 aromatic carbocycles. The van der Waals surface area contributed by atoms with Gasteiger partial charge in [-0.1, -0.05) is 18.2 Å². The van der Waals surface area contributed by atoms with E-state index in [1.807, 2.05) is 44.3 Å². The molecule has 1 aromatic heterocycles. The van der Waals surface area contributed by atoms with Gasteiger partial charge in [-0.3, -0.25) is 0 Å². The number of benzene rings is 1. The second-order valence-electron chi connectivity index (χ2n) is 9.45. The number of nitrogens with one attached hydrogen (secondary N) is 1. The molecule has 7 nitrogen and oxygen atoms in total. The fraction of sp³-hybridized carbons (Fsp3) is 0.500. The number of ether oxygens (including phenoxy) is 3. The number of hydrogen-bond donors (Lipinski definition) is 2. The maximum absolute atomic E-state index is 12.2. The molecule has 1 aliphatic heterocycles. The third-order valence-corrected chi connectivity index (χ3v) is 7.22. The SMILES string of the molecule is C=C[C@@H]1CC[C@@H](OCc2cc(NC3(C(=O)O)CCOCC3)ncc2-c2cccc(OCC)c2C)C1. The lowest BCUT2D eigenvalue weighted by Gasteiger charge is -2.34.